The number of amides is 3. The van der Waals surface area contributed by atoms with E-state index in [0.29, 0.717) is 20.6 Å². The summed E-state index contributed by atoms with van der Waals surface area (Å²) in [4.78, 5) is 58.1. The van der Waals surface area contributed by atoms with Gasteiger partial charge < -0.3 is 31.9 Å². The molecule has 2 aromatic carbocycles. The fourth-order valence-electron chi connectivity index (χ4n) is 2.95. The second kappa shape index (κ2) is 14.8. The first-order valence-electron chi connectivity index (χ1n) is 11.3. The number of aliphatic carboxylic acids is 2. The molecule has 0 bridgehead atoms. The molecule has 1 atom stereocenters. The molecule has 3 amide bonds. The largest absolute Gasteiger partial charge is 0.490 e. The molecule has 7 N–H and O–H groups in total. The van der Waals surface area contributed by atoms with Gasteiger partial charge in [-0.3, -0.25) is 14.4 Å². The Morgan fingerprint density at radius 3 is 2.15 bits per heavy atom. The number of alkyl halides is 3. The molecule has 3 aromatic rings. The van der Waals surface area contributed by atoms with Crippen LogP contribution in [0.3, 0.4) is 0 Å². The zero-order valence-electron chi connectivity index (χ0n) is 20.7. The number of thiophene rings is 1. The van der Waals surface area contributed by atoms with Gasteiger partial charge in [-0.25, -0.2) is 9.59 Å². The topological polar surface area (TPSA) is 188 Å². The van der Waals surface area contributed by atoms with Crippen molar-refractivity contribution in [1.82, 2.24) is 16.0 Å². The maximum Gasteiger partial charge on any atom is 0.490 e. The number of carbonyl (C=O) groups excluding carboxylic acids is 3. The second-order valence-electron chi connectivity index (χ2n) is 7.98. The number of carboxylic acids is 2. The third kappa shape index (κ3) is 10.6. The Hall–Kier alpha value is -4.44. The van der Waals surface area contributed by atoms with Crippen molar-refractivity contribution >= 4 is 62.6 Å². The molecule has 1 heterocycles. The summed E-state index contributed by atoms with van der Waals surface area (Å²) in [6.45, 7) is -0.0128. The van der Waals surface area contributed by atoms with E-state index in [4.69, 9.17) is 15.6 Å². The number of hydrogen-bond donors (Lipinski definition) is 6. The van der Waals surface area contributed by atoms with Gasteiger partial charge in [-0.05, 0) is 63.3 Å². The highest BCUT2D eigenvalue weighted by molar-refractivity contribution is 9.10. The van der Waals surface area contributed by atoms with E-state index in [0.717, 1.165) is 5.56 Å². The fourth-order valence-corrected chi connectivity index (χ4v) is 4.15. The number of rotatable bonds is 9. The molecule has 0 aliphatic rings. The van der Waals surface area contributed by atoms with Crippen molar-refractivity contribution < 1.29 is 47.4 Å². The van der Waals surface area contributed by atoms with E-state index in [1.54, 1.807) is 35.7 Å². The first-order valence-corrected chi connectivity index (χ1v) is 12.9. The molecule has 218 valence electrons. The first-order chi connectivity index (χ1) is 19.2. The van der Waals surface area contributed by atoms with Crippen molar-refractivity contribution in [3.05, 3.63) is 86.0 Å². The molecule has 11 nitrogen and oxygen atoms in total. The molecule has 0 aliphatic carbocycles. The molecule has 0 fully saturated rings. The normalized spacial score (nSPS) is 11.3. The van der Waals surface area contributed by atoms with Gasteiger partial charge in [-0.1, -0.05) is 18.2 Å². The average molecular weight is 659 g/mol. The predicted molar refractivity (Wildman–Crippen MR) is 145 cm³/mol. The summed E-state index contributed by atoms with van der Waals surface area (Å²) in [6, 6.07) is 13.4. The minimum atomic E-state index is -5.08. The van der Waals surface area contributed by atoms with Crippen molar-refractivity contribution in [2.75, 3.05) is 12.3 Å². The van der Waals surface area contributed by atoms with Crippen LogP contribution in [0.5, 0.6) is 0 Å². The number of anilines is 1. The standard InChI is InChI=1S/C23H21BrN4O5S.C2HF3O2/c24-17-10-14(20(29)26-11-13-3-1-4-15(25)9-13)6-7-16(17)21(30)28-18(23(32)33)12-27-22(31)19-5-2-8-34-19;3-2(4,5)1(6)7/h1-10,18H,11-12,25H2,(H,26,29)(H,27,31)(H,28,30)(H,32,33);(H,6,7)/t18-;/m0./s1. The van der Waals surface area contributed by atoms with Crippen molar-refractivity contribution in [2.45, 2.75) is 18.8 Å². The maximum atomic E-state index is 12.7. The van der Waals surface area contributed by atoms with Gasteiger partial charge in [-0.15, -0.1) is 11.3 Å². The number of carbonyl (C=O) groups is 5. The number of benzene rings is 2. The lowest BCUT2D eigenvalue weighted by Crippen LogP contribution is -2.48. The first kappa shape index (κ1) is 32.8. The summed E-state index contributed by atoms with van der Waals surface area (Å²) < 4.78 is 32.0. The van der Waals surface area contributed by atoms with E-state index in [-0.39, 0.29) is 24.6 Å². The Morgan fingerprint density at radius 2 is 1.61 bits per heavy atom. The molecule has 16 heteroatoms. The Balaban J connectivity index is 0.000000745. The highest BCUT2D eigenvalue weighted by Crippen LogP contribution is 2.19. The Bertz CT molecular complexity index is 1420. The molecule has 0 radical (unpaired) electrons. The molecule has 0 unspecified atom stereocenters. The van der Waals surface area contributed by atoms with E-state index < -0.39 is 36.0 Å². The lowest BCUT2D eigenvalue weighted by molar-refractivity contribution is -0.192. The minimum absolute atomic E-state index is 0.142. The number of nitrogen functional groups attached to an aromatic ring is 1. The number of carboxylic acid groups (broad SMARTS) is 2. The number of nitrogens with two attached hydrogens (primary N) is 1. The van der Waals surface area contributed by atoms with Gasteiger partial charge >= 0.3 is 18.1 Å². The fraction of sp³-hybridized carbons (Fsp3) is 0.160. The van der Waals surface area contributed by atoms with Gasteiger partial charge in [0.2, 0.25) is 0 Å². The third-order valence-corrected chi connectivity index (χ3v) is 6.46. The quantitative estimate of drug-likeness (QED) is 0.189. The van der Waals surface area contributed by atoms with Gasteiger partial charge in [0, 0.05) is 28.8 Å². The van der Waals surface area contributed by atoms with Gasteiger partial charge in [0.05, 0.1) is 10.4 Å². The van der Waals surface area contributed by atoms with Crippen LogP contribution in [0.25, 0.3) is 0 Å². The lowest BCUT2D eigenvalue weighted by Gasteiger charge is -2.16. The molecule has 0 aliphatic heterocycles. The summed E-state index contributed by atoms with van der Waals surface area (Å²) in [7, 11) is 0. The SMILES string of the molecule is Nc1cccc(CNC(=O)c2ccc(C(=O)N[C@@H](CNC(=O)c3cccs3)C(=O)O)c(Br)c2)c1.O=C(O)C(F)(F)F. The van der Waals surface area contributed by atoms with Gasteiger partial charge in [-0.2, -0.15) is 13.2 Å². The number of nitrogens with one attached hydrogen (secondary N) is 3. The summed E-state index contributed by atoms with van der Waals surface area (Å²) in [5.41, 5.74) is 7.62. The minimum Gasteiger partial charge on any atom is -0.480 e. The highest BCUT2D eigenvalue weighted by atomic mass is 79.9. The molecule has 41 heavy (non-hydrogen) atoms. The summed E-state index contributed by atoms with van der Waals surface area (Å²) >= 11 is 4.48. The van der Waals surface area contributed by atoms with E-state index >= 15 is 0 Å². The second-order valence-corrected chi connectivity index (χ2v) is 9.78. The predicted octanol–water partition coefficient (Wildman–Crippen LogP) is 3.27. The van der Waals surface area contributed by atoms with Gasteiger partial charge in [0.1, 0.15) is 6.04 Å². The van der Waals surface area contributed by atoms with Crippen LogP contribution in [0.4, 0.5) is 18.9 Å². The van der Waals surface area contributed by atoms with Crippen LogP contribution >= 0.6 is 27.3 Å². The lowest BCUT2D eigenvalue weighted by atomic mass is 10.1. The monoisotopic (exact) mass is 658 g/mol. The van der Waals surface area contributed by atoms with Crippen LogP contribution in [0, 0.1) is 0 Å². The molecule has 3 rings (SSSR count). The Morgan fingerprint density at radius 1 is 0.927 bits per heavy atom. The van der Waals surface area contributed by atoms with E-state index in [1.807, 2.05) is 6.07 Å². The van der Waals surface area contributed by atoms with Crippen LogP contribution in [0.1, 0.15) is 36.0 Å². The van der Waals surface area contributed by atoms with E-state index in [1.165, 1.54) is 29.5 Å². The van der Waals surface area contributed by atoms with Crippen LogP contribution < -0.4 is 21.7 Å². The smallest absolute Gasteiger partial charge is 0.480 e. The van der Waals surface area contributed by atoms with Crippen molar-refractivity contribution in [1.29, 1.82) is 0 Å². The van der Waals surface area contributed by atoms with Gasteiger partial charge in [0.15, 0.2) is 0 Å². The van der Waals surface area contributed by atoms with Crippen molar-refractivity contribution in [3.63, 3.8) is 0 Å². The summed E-state index contributed by atoms with van der Waals surface area (Å²) in [5.74, 6) is -5.50. The van der Waals surface area contributed by atoms with Crippen molar-refractivity contribution in [3.8, 4) is 0 Å². The van der Waals surface area contributed by atoms with Crippen LogP contribution in [-0.2, 0) is 16.1 Å². The third-order valence-electron chi connectivity index (χ3n) is 4.94. The van der Waals surface area contributed by atoms with Crippen LogP contribution in [-0.4, -0.2) is 58.6 Å². The Kier molecular flexibility index (Phi) is 11.8. The molecule has 0 saturated heterocycles. The Labute approximate surface area is 242 Å². The van der Waals surface area contributed by atoms with E-state index in [2.05, 4.69) is 31.9 Å². The zero-order valence-corrected chi connectivity index (χ0v) is 23.1. The van der Waals surface area contributed by atoms with Crippen molar-refractivity contribution in [2.24, 2.45) is 0 Å². The average Bonchev–Trinajstić information content (AvgIpc) is 3.44. The zero-order chi connectivity index (χ0) is 30.7. The molecular formula is C25H22BrF3N4O7S. The maximum absolute atomic E-state index is 12.7. The molecule has 0 saturated carbocycles. The van der Waals surface area contributed by atoms with Gasteiger partial charge in [0.25, 0.3) is 17.7 Å². The highest BCUT2D eigenvalue weighted by Gasteiger charge is 2.38. The summed E-state index contributed by atoms with van der Waals surface area (Å²) in [6.07, 6.45) is -5.08. The number of halogens is 4. The van der Waals surface area contributed by atoms with Crippen LogP contribution in [0.15, 0.2) is 64.5 Å². The van der Waals surface area contributed by atoms with E-state index in [9.17, 15) is 37.5 Å². The van der Waals surface area contributed by atoms with Crippen LogP contribution in [0.2, 0.25) is 0 Å². The number of hydrogen-bond acceptors (Lipinski definition) is 7. The molecular weight excluding hydrogens is 637 g/mol. The summed E-state index contributed by atoms with van der Waals surface area (Å²) in [5, 5.41) is 25.9. The molecule has 1 aromatic heterocycles. The molecule has 0 spiro atoms.